The zero-order valence-corrected chi connectivity index (χ0v) is 14.9. The Morgan fingerprint density at radius 2 is 1.05 bits per heavy atom. The fourth-order valence-electron chi connectivity index (χ4n) is 1.69. The molecule has 0 aliphatic carbocycles. The minimum atomic E-state index is 0. The zero-order chi connectivity index (χ0) is 12.2. The van der Waals surface area contributed by atoms with Gasteiger partial charge in [0.1, 0.15) is 0 Å². The first-order valence-electron chi connectivity index (χ1n) is 5.61. The van der Waals surface area contributed by atoms with Gasteiger partial charge < -0.3 is 0 Å². The van der Waals surface area contributed by atoms with Gasteiger partial charge in [-0.3, -0.25) is 0 Å². The molecule has 2 heterocycles. The van der Waals surface area contributed by atoms with Gasteiger partial charge in [-0.2, -0.15) is 35.0 Å². The second-order valence-corrected chi connectivity index (χ2v) is 5.57. The molecule has 0 N–H and O–H groups in total. The third kappa shape index (κ3) is 3.50. The van der Waals surface area contributed by atoms with Gasteiger partial charge >= 0.3 is 19.5 Å². The molecular weight excluding hydrogens is 322 g/mol. The van der Waals surface area contributed by atoms with E-state index >= 15 is 0 Å². The third-order valence-corrected chi connectivity index (χ3v) is 4.27. The van der Waals surface area contributed by atoms with Crippen LogP contribution in [0.1, 0.15) is 0 Å². The Balaban J connectivity index is 0.000000133. The summed E-state index contributed by atoms with van der Waals surface area (Å²) >= 11 is 3.46. The molecule has 2 aromatic heterocycles. The number of thiophene rings is 2. The van der Waals surface area contributed by atoms with Crippen molar-refractivity contribution in [2.75, 3.05) is 0 Å². The molecular formula is C16H10S2Zn. The van der Waals surface area contributed by atoms with E-state index in [4.69, 9.17) is 0 Å². The molecule has 0 saturated carbocycles. The van der Waals surface area contributed by atoms with Crippen molar-refractivity contribution in [3.8, 4) is 0 Å². The van der Waals surface area contributed by atoms with Gasteiger partial charge in [0.05, 0.1) is 0 Å². The molecule has 0 atom stereocenters. The van der Waals surface area contributed by atoms with E-state index in [-0.39, 0.29) is 19.5 Å². The number of rotatable bonds is 0. The molecule has 0 aliphatic heterocycles. The van der Waals surface area contributed by atoms with Crippen molar-refractivity contribution in [2.45, 2.75) is 0 Å². The predicted molar refractivity (Wildman–Crippen MR) is 81.3 cm³/mol. The number of hydrogen-bond acceptors (Lipinski definition) is 2. The van der Waals surface area contributed by atoms with E-state index < -0.39 is 0 Å². The van der Waals surface area contributed by atoms with Gasteiger partial charge in [0, 0.05) is 0 Å². The van der Waals surface area contributed by atoms with Crippen molar-refractivity contribution in [3.63, 3.8) is 0 Å². The van der Waals surface area contributed by atoms with Gasteiger partial charge in [0.15, 0.2) is 0 Å². The molecule has 2 aromatic carbocycles. The average molecular weight is 332 g/mol. The topological polar surface area (TPSA) is 0 Å². The smallest absolute Gasteiger partial charge is 0.226 e. The van der Waals surface area contributed by atoms with Crippen LogP contribution in [0.3, 0.4) is 0 Å². The molecule has 3 heteroatoms. The average Bonchev–Trinajstić information content (AvgIpc) is 3.08. The molecule has 0 saturated heterocycles. The Morgan fingerprint density at radius 3 is 1.47 bits per heavy atom. The maximum atomic E-state index is 3.14. The SMILES string of the molecule is [Zn+2].[c-]1csc2ccccc12.[c-]1csc2ccccc12. The minimum absolute atomic E-state index is 0. The molecule has 0 radical (unpaired) electrons. The van der Waals surface area contributed by atoms with Crippen LogP contribution in [0, 0.1) is 12.1 Å². The second-order valence-electron chi connectivity index (χ2n) is 3.75. The summed E-state index contributed by atoms with van der Waals surface area (Å²) in [6, 6.07) is 22.8. The van der Waals surface area contributed by atoms with Crippen LogP contribution in [0.2, 0.25) is 0 Å². The summed E-state index contributed by atoms with van der Waals surface area (Å²) in [5.41, 5.74) is 0. The molecule has 4 aromatic rings. The Morgan fingerprint density at radius 1 is 0.632 bits per heavy atom. The van der Waals surface area contributed by atoms with Crippen molar-refractivity contribution in [1.82, 2.24) is 0 Å². The normalized spacial score (nSPS) is 9.68. The largest absolute Gasteiger partial charge is 2.00 e. The van der Waals surface area contributed by atoms with E-state index in [1.807, 2.05) is 35.0 Å². The summed E-state index contributed by atoms with van der Waals surface area (Å²) in [5, 5.41) is 6.43. The van der Waals surface area contributed by atoms with Crippen LogP contribution in [0.25, 0.3) is 20.2 Å². The maximum absolute atomic E-state index is 3.14. The third-order valence-electron chi connectivity index (χ3n) is 2.57. The first-order chi connectivity index (χ1) is 8.93. The summed E-state index contributed by atoms with van der Waals surface area (Å²) < 4.78 is 2.63. The van der Waals surface area contributed by atoms with E-state index in [2.05, 4.69) is 36.4 Å². The monoisotopic (exact) mass is 330 g/mol. The molecule has 0 unspecified atom stereocenters. The standard InChI is InChI=1S/2C8H5S.Zn/c2*1-2-4-8-7(3-1)5-6-9-8;/h2*1-4,6H;/q2*-1;+2. The summed E-state index contributed by atoms with van der Waals surface area (Å²) in [6.45, 7) is 0. The van der Waals surface area contributed by atoms with Gasteiger partial charge in [0.2, 0.25) is 0 Å². The molecule has 0 fully saturated rings. The first kappa shape index (κ1) is 14.4. The van der Waals surface area contributed by atoms with E-state index in [1.165, 1.54) is 20.2 Å². The van der Waals surface area contributed by atoms with Gasteiger partial charge in [-0.15, -0.1) is 24.3 Å². The molecule has 0 spiro atoms. The number of hydrogen-bond donors (Lipinski definition) is 0. The molecule has 0 nitrogen and oxygen atoms in total. The summed E-state index contributed by atoms with van der Waals surface area (Å²) in [7, 11) is 0. The molecule has 88 valence electrons. The Hall–Kier alpha value is -1.02. The van der Waals surface area contributed by atoms with Crippen LogP contribution < -0.4 is 0 Å². The maximum Gasteiger partial charge on any atom is 2.00 e. The zero-order valence-electron chi connectivity index (χ0n) is 10.3. The van der Waals surface area contributed by atoms with Gasteiger partial charge in [0.25, 0.3) is 0 Å². The molecule has 19 heavy (non-hydrogen) atoms. The van der Waals surface area contributed by atoms with E-state index in [0.29, 0.717) is 0 Å². The molecule has 0 aliphatic rings. The van der Waals surface area contributed by atoms with Crippen LogP contribution in [0.5, 0.6) is 0 Å². The van der Waals surface area contributed by atoms with Crippen molar-refractivity contribution >= 4 is 42.8 Å². The van der Waals surface area contributed by atoms with Gasteiger partial charge in [-0.1, -0.05) is 32.3 Å². The number of fused-ring (bicyclic) bond motifs is 2. The molecule has 0 amide bonds. The van der Waals surface area contributed by atoms with Crippen LogP contribution in [-0.2, 0) is 19.5 Å². The van der Waals surface area contributed by atoms with E-state index in [1.54, 1.807) is 22.7 Å². The fourth-order valence-corrected chi connectivity index (χ4v) is 3.14. The van der Waals surface area contributed by atoms with Crippen molar-refractivity contribution in [1.29, 1.82) is 0 Å². The molecule has 4 rings (SSSR count). The van der Waals surface area contributed by atoms with Crippen LogP contribution in [0.15, 0.2) is 59.3 Å². The summed E-state index contributed by atoms with van der Waals surface area (Å²) in [5.74, 6) is 0. The predicted octanol–water partition coefficient (Wildman–Crippen LogP) is 5.40. The fraction of sp³-hybridized carbons (Fsp3) is 0. The summed E-state index contributed by atoms with van der Waals surface area (Å²) in [4.78, 5) is 0. The Kier molecular flexibility index (Phi) is 5.27. The summed E-state index contributed by atoms with van der Waals surface area (Å²) in [6.07, 6.45) is 0. The van der Waals surface area contributed by atoms with Crippen LogP contribution in [-0.4, -0.2) is 0 Å². The van der Waals surface area contributed by atoms with E-state index in [9.17, 15) is 0 Å². The van der Waals surface area contributed by atoms with Crippen LogP contribution >= 0.6 is 22.7 Å². The Labute approximate surface area is 133 Å². The minimum Gasteiger partial charge on any atom is -0.226 e. The van der Waals surface area contributed by atoms with Crippen LogP contribution in [0.4, 0.5) is 0 Å². The second kappa shape index (κ2) is 6.95. The Bertz CT molecular complexity index is 629. The molecule has 0 bridgehead atoms. The van der Waals surface area contributed by atoms with Gasteiger partial charge in [-0.05, 0) is 0 Å². The van der Waals surface area contributed by atoms with Crippen molar-refractivity contribution in [3.05, 3.63) is 71.4 Å². The van der Waals surface area contributed by atoms with Crippen molar-refractivity contribution in [2.24, 2.45) is 0 Å². The van der Waals surface area contributed by atoms with Gasteiger partial charge in [-0.25, -0.2) is 22.7 Å². The van der Waals surface area contributed by atoms with Crippen molar-refractivity contribution < 1.29 is 19.5 Å². The quantitative estimate of drug-likeness (QED) is 0.299. The first-order valence-corrected chi connectivity index (χ1v) is 7.37. The number of benzene rings is 2. The van der Waals surface area contributed by atoms with E-state index in [0.717, 1.165) is 0 Å².